The van der Waals surface area contributed by atoms with Crippen LogP contribution in [0.5, 0.6) is 0 Å². The highest BCUT2D eigenvalue weighted by molar-refractivity contribution is 5.98. The number of benzene rings is 1. The number of ether oxygens (including phenoxy) is 1. The van der Waals surface area contributed by atoms with E-state index in [1.807, 2.05) is 30.5 Å². The predicted octanol–water partition coefficient (Wildman–Crippen LogP) is 2.15. The Hall–Kier alpha value is -1.85. The van der Waals surface area contributed by atoms with Crippen LogP contribution in [0.2, 0.25) is 0 Å². The van der Waals surface area contributed by atoms with Gasteiger partial charge in [0.05, 0.1) is 25.3 Å². The van der Waals surface area contributed by atoms with E-state index in [9.17, 15) is 4.79 Å². The maximum Gasteiger partial charge on any atom is 0.251 e. The van der Waals surface area contributed by atoms with Crippen LogP contribution >= 0.6 is 0 Å². The molecule has 2 fully saturated rings. The van der Waals surface area contributed by atoms with Gasteiger partial charge in [0, 0.05) is 17.3 Å². The molecule has 3 heterocycles. The summed E-state index contributed by atoms with van der Waals surface area (Å²) in [5.41, 5.74) is 1.69. The number of H-pyrrole nitrogens is 1. The van der Waals surface area contributed by atoms with Gasteiger partial charge < -0.3 is 15.0 Å². The number of hydrogen-bond donors (Lipinski definition) is 2. The van der Waals surface area contributed by atoms with E-state index < -0.39 is 0 Å². The fraction of sp³-hybridized carbons (Fsp3) is 0.500. The van der Waals surface area contributed by atoms with Crippen LogP contribution in [-0.2, 0) is 4.74 Å². The molecule has 2 aliphatic rings. The van der Waals surface area contributed by atoms with Gasteiger partial charge in [-0.1, -0.05) is 12.5 Å². The van der Waals surface area contributed by atoms with Crippen molar-refractivity contribution < 1.29 is 9.53 Å². The molecule has 0 radical (unpaired) electrons. The Morgan fingerprint density at radius 1 is 1.17 bits per heavy atom. The number of carbonyl (C=O) groups excluding carboxylic acids is 1. The molecule has 1 amide bonds. The molecule has 0 aliphatic carbocycles. The average molecular weight is 313 g/mol. The van der Waals surface area contributed by atoms with E-state index in [1.54, 1.807) is 0 Å². The minimum Gasteiger partial charge on any atom is -0.378 e. The lowest BCUT2D eigenvalue weighted by Gasteiger charge is -2.34. The highest BCUT2D eigenvalue weighted by Gasteiger charge is 2.34. The zero-order valence-electron chi connectivity index (χ0n) is 13.3. The average Bonchev–Trinajstić information content (AvgIpc) is 3.23. The van der Waals surface area contributed by atoms with E-state index in [0.29, 0.717) is 18.2 Å². The molecule has 0 bridgehead atoms. The number of aromatic amines is 1. The summed E-state index contributed by atoms with van der Waals surface area (Å²) in [6.45, 7) is 3.57. The molecule has 2 saturated heterocycles. The number of nitrogens with zero attached hydrogens (tertiary/aromatic N) is 1. The van der Waals surface area contributed by atoms with Gasteiger partial charge in [0.1, 0.15) is 0 Å². The Morgan fingerprint density at radius 3 is 2.91 bits per heavy atom. The fourth-order valence-corrected chi connectivity index (χ4v) is 3.73. The Bertz CT molecular complexity index is 690. The second-order valence-corrected chi connectivity index (χ2v) is 6.56. The van der Waals surface area contributed by atoms with E-state index in [0.717, 1.165) is 30.6 Å². The third-order valence-electron chi connectivity index (χ3n) is 5.04. The van der Waals surface area contributed by atoms with Crippen molar-refractivity contribution in [2.45, 2.75) is 31.3 Å². The normalized spacial score (nSPS) is 25.7. The largest absolute Gasteiger partial charge is 0.378 e. The molecule has 1 aromatic carbocycles. The highest BCUT2D eigenvalue weighted by Crippen LogP contribution is 2.20. The molecule has 1 aromatic heterocycles. The Kier molecular flexibility index (Phi) is 4.06. The first-order valence-electron chi connectivity index (χ1n) is 8.51. The predicted molar refractivity (Wildman–Crippen MR) is 89.6 cm³/mol. The van der Waals surface area contributed by atoms with Crippen molar-refractivity contribution in [1.82, 2.24) is 15.2 Å². The van der Waals surface area contributed by atoms with E-state index >= 15 is 0 Å². The smallest absolute Gasteiger partial charge is 0.251 e. The molecule has 0 saturated carbocycles. The SMILES string of the molecule is O=C(N[C@@H]1COC[C@H]1N1CCCCC1)c1ccc2cc[nH]c2c1. The monoisotopic (exact) mass is 313 g/mol. The first-order chi connectivity index (χ1) is 11.3. The second-order valence-electron chi connectivity index (χ2n) is 6.56. The summed E-state index contributed by atoms with van der Waals surface area (Å²) in [6, 6.07) is 8.18. The number of rotatable bonds is 3. The summed E-state index contributed by atoms with van der Waals surface area (Å²) in [5.74, 6) is -0.0148. The van der Waals surface area contributed by atoms with Crippen LogP contribution in [0.1, 0.15) is 29.6 Å². The Morgan fingerprint density at radius 2 is 2.04 bits per heavy atom. The van der Waals surface area contributed by atoms with Crippen molar-refractivity contribution in [2.24, 2.45) is 0 Å². The van der Waals surface area contributed by atoms with Gasteiger partial charge in [-0.2, -0.15) is 0 Å². The standard InChI is InChI=1S/C18H23N3O2/c22-18(14-5-4-13-6-7-19-15(13)10-14)20-16-11-23-12-17(16)21-8-2-1-3-9-21/h4-7,10,16-17,19H,1-3,8-9,11-12H2,(H,20,22)/t16-,17-/m1/s1. The van der Waals surface area contributed by atoms with E-state index in [2.05, 4.69) is 15.2 Å². The number of fused-ring (bicyclic) bond motifs is 1. The minimum absolute atomic E-state index is 0.0148. The summed E-state index contributed by atoms with van der Waals surface area (Å²) in [7, 11) is 0. The van der Waals surface area contributed by atoms with Gasteiger partial charge in [-0.3, -0.25) is 9.69 Å². The van der Waals surface area contributed by atoms with E-state index in [1.165, 1.54) is 19.3 Å². The summed E-state index contributed by atoms with van der Waals surface area (Å²) in [6.07, 6.45) is 5.71. The van der Waals surface area contributed by atoms with E-state index in [4.69, 9.17) is 4.74 Å². The third kappa shape index (κ3) is 2.99. The van der Waals surface area contributed by atoms with Crippen LogP contribution in [0.3, 0.4) is 0 Å². The van der Waals surface area contributed by atoms with Crippen molar-refractivity contribution in [3.05, 3.63) is 36.0 Å². The fourth-order valence-electron chi connectivity index (χ4n) is 3.73. The van der Waals surface area contributed by atoms with Crippen LogP contribution in [0.4, 0.5) is 0 Å². The summed E-state index contributed by atoms with van der Waals surface area (Å²) in [5, 5.41) is 4.30. The lowest BCUT2D eigenvalue weighted by atomic mass is 10.0. The molecule has 5 nitrogen and oxygen atoms in total. The van der Waals surface area contributed by atoms with E-state index in [-0.39, 0.29) is 11.9 Å². The molecule has 23 heavy (non-hydrogen) atoms. The van der Waals surface area contributed by atoms with Crippen LogP contribution < -0.4 is 5.32 Å². The van der Waals surface area contributed by atoms with Crippen molar-refractivity contribution in [3.63, 3.8) is 0 Å². The number of aromatic nitrogens is 1. The zero-order valence-corrected chi connectivity index (χ0v) is 13.3. The number of hydrogen-bond acceptors (Lipinski definition) is 3. The first-order valence-corrected chi connectivity index (χ1v) is 8.51. The van der Waals surface area contributed by atoms with Gasteiger partial charge in [0.15, 0.2) is 0 Å². The zero-order chi connectivity index (χ0) is 15.6. The van der Waals surface area contributed by atoms with Gasteiger partial charge in [-0.15, -0.1) is 0 Å². The maximum atomic E-state index is 12.6. The molecular formula is C18H23N3O2. The van der Waals surface area contributed by atoms with Gasteiger partial charge in [-0.05, 0) is 49.5 Å². The van der Waals surface area contributed by atoms with Crippen LogP contribution in [-0.4, -0.2) is 54.2 Å². The highest BCUT2D eigenvalue weighted by atomic mass is 16.5. The molecule has 5 heteroatoms. The number of amides is 1. The van der Waals surface area contributed by atoms with Crippen molar-refractivity contribution >= 4 is 16.8 Å². The van der Waals surface area contributed by atoms with Crippen molar-refractivity contribution in [2.75, 3.05) is 26.3 Å². The quantitative estimate of drug-likeness (QED) is 0.913. The van der Waals surface area contributed by atoms with Crippen LogP contribution in [0.25, 0.3) is 10.9 Å². The van der Waals surface area contributed by atoms with Crippen LogP contribution in [0, 0.1) is 0 Å². The van der Waals surface area contributed by atoms with Crippen molar-refractivity contribution in [1.29, 1.82) is 0 Å². The molecule has 0 unspecified atom stereocenters. The number of nitrogens with one attached hydrogen (secondary N) is 2. The second kappa shape index (κ2) is 6.34. The molecule has 2 N–H and O–H groups in total. The van der Waals surface area contributed by atoms with Gasteiger partial charge >= 0.3 is 0 Å². The maximum absolute atomic E-state index is 12.6. The van der Waals surface area contributed by atoms with Gasteiger partial charge in [0.2, 0.25) is 0 Å². The Balaban J connectivity index is 1.46. The molecular weight excluding hydrogens is 290 g/mol. The number of likely N-dealkylation sites (tertiary alicyclic amines) is 1. The topological polar surface area (TPSA) is 57.4 Å². The summed E-state index contributed by atoms with van der Waals surface area (Å²) < 4.78 is 5.65. The molecule has 122 valence electrons. The molecule has 2 aromatic rings. The van der Waals surface area contributed by atoms with Gasteiger partial charge in [0.25, 0.3) is 5.91 Å². The lowest BCUT2D eigenvalue weighted by molar-refractivity contribution is 0.0900. The summed E-state index contributed by atoms with van der Waals surface area (Å²) >= 11 is 0. The summed E-state index contributed by atoms with van der Waals surface area (Å²) in [4.78, 5) is 18.2. The molecule has 2 aliphatic heterocycles. The first kappa shape index (κ1) is 14.7. The van der Waals surface area contributed by atoms with Crippen LogP contribution in [0.15, 0.2) is 30.5 Å². The third-order valence-corrected chi connectivity index (χ3v) is 5.04. The Labute approximate surface area is 136 Å². The van der Waals surface area contributed by atoms with Crippen molar-refractivity contribution in [3.8, 4) is 0 Å². The molecule has 0 spiro atoms. The minimum atomic E-state index is -0.0148. The van der Waals surface area contributed by atoms with Gasteiger partial charge in [-0.25, -0.2) is 0 Å². The lowest BCUT2D eigenvalue weighted by Crippen LogP contribution is -2.52. The number of carbonyl (C=O) groups is 1. The molecule has 4 rings (SSSR count). The number of piperidine rings is 1. The molecule has 2 atom stereocenters.